The van der Waals surface area contributed by atoms with Crippen LogP contribution in [0.5, 0.6) is 0 Å². The van der Waals surface area contributed by atoms with E-state index >= 15 is 0 Å². The maximum absolute atomic E-state index is 10.7. The summed E-state index contributed by atoms with van der Waals surface area (Å²) in [6.45, 7) is 1.88. The molecule has 196 valence electrons. The van der Waals surface area contributed by atoms with E-state index in [9.17, 15) is 13.2 Å². The van der Waals surface area contributed by atoms with E-state index in [4.69, 9.17) is 13.0 Å². The zero-order valence-corrected chi connectivity index (χ0v) is 21.3. The number of hydrogen-bond donors (Lipinski definition) is 0. The van der Waals surface area contributed by atoms with Crippen LogP contribution < -0.4 is 4.90 Å². The molecular weight excluding hydrogens is 501 g/mol. The highest BCUT2D eigenvalue weighted by Crippen LogP contribution is 2.25. The molecule has 0 N–H and O–H groups in total. The molecular formula is C28H29F3N2O3S. The van der Waals surface area contributed by atoms with E-state index in [1.807, 2.05) is 0 Å². The van der Waals surface area contributed by atoms with Crippen molar-refractivity contribution < 1.29 is 30.7 Å². The lowest BCUT2D eigenvalue weighted by molar-refractivity contribution is -0.560. The molecule has 0 radical (unpaired) electrons. The summed E-state index contributed by atoms with van der Waals surface area (Å²) in [6.07, 6.45) is 5.85. The number of allylic oxidation sites excluding steroid dienone is 1. The molecule has 1 aliphatic rings. The molecule has 4 rings (SSSR count). The molecule has 5 nitrogen and oxygen atoms in total. The quantitative estimate of drug-likeness (QED) is 0.220. The Kier molecular flexibility index (Phi) is 9.66. The van der Waals surface area contributed by atoms with Crippen LogP contribution >= 0.6 is 0 Å². The van der Waals surface area contributed by atoms with Crippen molar-refractivity contribution in [1.29, 1.82) is 0 Å². The molecule has 0 spiro atoms. The van der Waals surface area contributed by atoms with Gasteiger partial charge in [0.2, 0.25) is 0 Å². The van der Waals surface area contributed by atoms with Gasteiger partial charge in [0, 0.05) is 42.1 Å². The molecule has 0 amide bonds. The van der Waals surface area contributed by atoms with Crippen molar-refractivity contribution in [2.45, 2.75) is 37.9 Å². The van der Waals surface area contributed by atoms with Gasteiger partial charge in [0.25, 0.3) is 0 Å². The van der Waals surface area contributed by atoms with Gasteiger partial charge >= 0.3 is 5.51 Å². The fraction of sp³-hybridized carbons (Fsp3) is 0.250. The summed E-state index contributed by atoms with van der Waals surface area (Å²) in [5.41, 5.74) is 1.25. The minimum atomic E-state index is -6.09. The van der Waals surface area contributed by atoms with Gasteiger partial charge in [-0.3, -0.25) is 0 Å². The second-order valence-electron chi connectivity index (χ2n) is 8.63. The molecule has 0 bridgehead atoms. The van der Waals surface area contributed by atoms with Gasteiger partial charge in [-0.1, -0.05) is 78.9 Å². The first-order valence-corrected chi connectivity index (χ1v) is 13.1. The van der Waals surface area contributed by atoms with Gasteiger partial charge in [0.15, 0.2) is 28.9 Å². The maximum atomic E-state index is 10.7. The van der Waals surface area contributed by atoms with Crippen LogP contribution in [-0.4, -0.2) is 35.8 Å². The molecule has 0 aliphatic heterocycles. The number of hydrogen-bond acceptors (Lipinski definition) is 4. The van der Waals surface area contributed by atoms with Crippen LogP contribution in [0.15, 0.2) is 103 Å². The largest absolute Gasteiger partial charge is 0.741 e. The van der Waals surface area contributed by atoms with Crippen LogP contribution in [0.3, 0.4) is 0 Å². The Morgan fingerprint density at radius 3 is 1.70 bits per heavy atom. The molecule has 1 saturated carbocycles. The lowest BCUT2D eigenvalue weighted by Crippen LogP contribution is -2.21. The molecule has 37 heavy (non-hydrogen) atoms. The van der Waals surface area contributed by atoms with E-state index < -0.39 is 15.6 Å². The monoisotopic (exact) mass is 530 g/mol. The number of halogens is 3. The molecule has 1 fully saturated rings. The van der Waals surface area contributed by atoms with Crippen LogP contribution in [-0.2, 0) is 23.2 Å². The summed E-state index contributed by atoms with van der Waals surface area (Å²) in [4.78, 5) is 2.25. The Morgan fingerprint density at radius 1 is 0.838 bits per heavy atom. The number of benzene rings is 3. The van der Waals surface area contributed by atoms with Gasteiger partial charge in [0.1, 0.15) is 0 Å². The highest BCUT2D eigenvalue weighted by Gasteiger charge is 2.37. The lowest BCUT2D eigenvalue weighted by atomic mass is 10.1. The average molecular weight is 531 g/mol. The fourth-order valence-electron chi connectivity index (χ4n) is 4.08. The predicted octanol–water partition coefficient (Wildman–Crippen LogP) is 6.10. The summed E-state index contributed by atoms with van der Waals surface area (Å²) in [5.74, 6) is 0. The Labute approximate surface area is 215 Å². The first-order chi connectivity index (χ1) is 17.5. The van der Waals surface area contributed by atoms with Gasteiger partial charge in [-0.05, 0) is 25.0 Å². The molecule has 0 atom stereocenters. The van der Waals surface area contributed by atoms with Crippen molar-refractivity contribution >= 4 is 21.5 Å². The van der Waals surface area contributed by atoms with Crippen LogP contribution in [0.2, 0.25) is 0 Å². The van der Waals surface area contributed by atoms with Crippen LogP contribution in [0.25, 0.3) is 0 Å². The van der Waals surface area contributed by atoms with E-state index in [1.165, 1.54) is 34.5 Å². The molecule has 3 aromatic rings. The standard InChI is InChI=1S/C27H29N2.CHF3O3S/c1-28(26-17-9-4-10-18-26)22-25-16-11-19-27(25)29(20-23-12-5-2-6-13-23)21-24-14-7-3-8-15-24;2-1(3,4)8(5,6)7/h2-10,12-15,17-18,22H,11,16,19-21H2,1H3;(H,5,6,7)/q+1;/p-1. The van der Waals surface area contributed by atoms with Crippen molar-refractivity contribution in [3.63, 3.8) is 0 Å². The van der Waals surface area contributed by atoms with Crippen molar-refractivity contribution in [1.82, 2.24) is 0 Å². The van der Waals surface area contributed by atoms with Crippen LogP contribution in [0, 0.1) is 0 Å². The number of rotatable bonds is 6. The number of anilines is 1. The normalized spacial score (nSPS) is 14.7. The van der Waals surface area contributed by atoms with Gasteiger partial charge in [-0.2, -0.15) is 13.2 Å². The molecule has 1 aliphatic carbocycles. The second-order valence-corrected chi connectivity index (χ2v) is 10.00. The average Bonchev–Trinajstić information content (AvgIpc) is 3.33. The number of nitrogens with zero attached hydrogens (tertiary/aromatic N) is 2. The topological polar surface area (TPSA) is 63.5 Å². The molecule has 0 unspecified atom stereocenters. The summed E-state index contributed by atoms with van der Waals surface area (Å²) in [6, 6.07) is 32.2. The summed E-state index contributed by atoms with van der Waals surface area (Å²) in [7, 11) is -3.94. The highest BCUT2D eigenvalue weighted by molar-refractivity contribution is 7.86. The van der Waals surface area contributed by atoms with Crippen molar-refractivity contribution in [2.24, 2.45) is 0 Å². The van der Waals surface area contributed by atoms with Gasteiger partial charge in [0.05, 0.1) is 0 Å². The van der Waals surface area contributed by atoms with E-state index in [0.717, 1.165) is 25.9 Å². The van der Waals surface area contributed by atoms with E-state index in [2.05, 4.69) is 114 Å². The van der Waals surface area contributed by atoms with Gasteiger partial charge in [-0.15, -0.1) is 0 Å². The fourth-order valence-corrected chi connectivity index (χ4v) is 4.08. The van der Waals surface area contributed by atoms with E-state index in [0.29, 0.717) is 0 Å². The van der Waals surface area contributed by atoms with Crippen molar-refractivity contribution in [3.8, 4) is 0 Å². The predicted molar refractivity (Wildman–Crippen MR) is 138 cm³/mol. The summed E-state index contributed by atoms with van der Waals surface area (Å²) >= 11 is 0. The highest BCUT2D eigenvalue weighted by atomic mass is 32.2. The Balaban J connectivity index is 0.000000414. The Morgan fingerprint density at radius 2 is 1.27 bits per heavy atom. The van der Waals surface area contributed by atoms with Gasteiger partial charge < -0.3 is 9.45 Å². The number of alkyl halides is 3. The molecule has 9 heteroatoms. The minimum absolute atomic E-state index is 0.942. The smallest absolute Gasteiger partial charge is 0.485 e. The van der Waals surface area contributed by atoms with Crippen LogP contribution in [0.4, 0.5) is 18.9 Å². The molecule has 0 saturated heterocycles. The van der Waals surface area contributed by atoms with Gasteiger partial charge in [-0.25, -0.2) is 13.0 Å². The lowest BCUT2D eigenvalue weighted by Gasteiger charge is -2.16. The zero-order valence-electron chi connectivity index (χ0n) is 20.4. The molecule has 3 aromatic carbocycles. The second kappa shape index (κ2) is 12.7. The van der Waals surface area contributed by atoms with E-state index in [-0.39, 0.29) is 0 Å². The molecule has 0 heterocycles. The Bertz CT molecular complexity index is 1270. The summed E-state index contributed by atoms with van der Waals surface area (Å²) in [5, 5.41) is 0. The maximum Gasteiger partial charge on any atom is 0.485 e. The Hall–Kier alpha value is -3.43. The minimum Gasteiger partial charge on any atom is -0.741 e. The van der Waals surface area contributed by atoms with Crippen molar-refractivity contribution in [2.75, 3.05) is 11.9 Å². The number of para-hydroxylation sites is 1. The summed E-state index contributed by atoms with van der Waals surface area (Å²) < 4.78 is 61.5. The third-order valence-corrected chi connectivity index (χ3v) is 6.41. The van der Waals surface area contributed by atoms with E-state index in [1.54, 1.807) is 0 Å². The SMILES string of the molecule is CN(/C=C1\CCCC1=[N+](Cc1ccccc1)Cc1ccccc1)c1ccccc1.O=S(=O)([O-])C(F)(F)F. The first-order valence-electron chi connectivity index (χ1n) is 11.7. The van der Waals surface area contributed by atoms with Crippen LogP contribution in [0.1, 0.15) is 30.4 Å². The van der Waals surface area contributed by atoms with Crippen molar-refractivity contribution in [3.05, 3.63) is 114 Å². The zero-order chi connectivity index (χ0) is 26.9. The third kappa shape index (κ3) is 8.58. The molecule has 0 aromatic heterocycles. The first kappa shape index (κ1) is 28.1. The third-order valence-electron chi connectivity index (χ3n) is 5.84.